The van der Waals surface area contributed by atoms with E-state index in [4.69, 9.17) is 15.4 Å². The van der Waals surface area contributed by atoms with E-state index in [1.165, 1.54) is 0 Å². The number of hydrazine groups is 1. The Balaban J connectivity index is 1.27. The monoisotopic (exact) mass is 658 g/mol. The largest absolute Gasteiger partial charge is 0.311 e. The molecule has 7 nitrogen and oxygen atoms in total. The first-order valence-corrected chi connectivity index (χ1v) is 17.4. The number of unbranched alkanes of at least 4 members (excludes halogenated alkanes) is 1. The number of hydrogen-bond donors (Lipinski definition) is 1. The predicted molar refractivity (Wildman–Crippen MR) is 199 cm³/mol. The van der Waals surface area contributed by atoms with E-state index < -0.39 is 5.54 Å². The van der Waals surface area contributed by atoms with Gasteiger partial charge in [0.2, 0.25) is 5.82 Å². The topological polar surface area (TPSA) is 75.9 Å². The lowest BCUT2D eigenvalue weighted by atomic mass is 9.77. The quantitative estimate of drug-likeness (QED) is 0.134. The smallest absolute Gasteiger partial charge is 0.205 e. The fraction of sp³-hybridized carbons (Fsp3) is 0.209. The maximum Gasteiger partial charge on any atom is 0.205 e. The molecule has 1 N–H and O–H groups in total. The van der Waals surface area contributed by atoms with Gasteiger partial charge in [0.15, 0.2) is 11.3 Å². The number of aromatic nitrogens is 4. The van der Waals surface area contributed by atoms with Gasteiger partial charge in [0.05, 0.1) is 6.04 Å². The Kier molecular flexibility index (Phi) is 9.49. The Bertz CT molecular complexity index is 1990. The molecule has 50 heavy (non-hydrogen) atoms. The van der Waals surface area contributed by atoms with Crippen LogP contribution in [0.1, 0.15) is 55.9 Å². The molecule has 6 aromatic rings. The number of rotatable bonds is 12. The van der Waals surface area contributed by atoms with Crippen molar-refractivity contribution in [3.8, 4) is 22.5 Å². The lowest BCUT2D eigenvalue weighted by molar-refractivity contribution is -0.113. The number of carbonyl (C=O) groups is 1. The van der Waals surface area contributed by atoms with Crippen molar-refractivity contribution in [2.75, 3.05) is 6.54 Å². The maximum absolute atomic E-state index is 12.7. The summed E-state index contributed by atoms with van der Waals surface area (Å²) in [5.74, 6) is 0.673. The molecule has 7 heteroatoms. The van der Waals surface area contributed by atoms with Crippen LogP contribution in [-0.2, 0) is 16.8 Å². The van der Waals surface area contributed by atoms with Gasteiger partial charge in [-0.25, -0.2) is 5.43 Å². The Morgan fingerprint density at radius 3 is 1.82 bits per heavy atom. The summed E-state index contributed by atoms with van der Waals surface area (Å²) in [6.45, 7) is 6.81. The third-order valence-corrected chi connectivity index (χ3v) is 9.63. The summed E-state index contributed by atoms with van der Waals surface area (Å²) in [5.41, 5.74) is 11.9. The zero-order valence-electron chi connectivity index (χ0n) is 28.8. The fourth-order valence-corrected chi connectivity index (χ4v) is 7.26. The first-order valence-electron chi connectivity index (χ1n) is 17.4. The van der Waals surface area contributed by atoms with E-state index >= 15 is 0 Å². The average Bonchev–Trinajstić information content (AvgIpc) is 3.77. The van der Waals surface area contributed by atoms with E-state index in [0.29, 0.717) is 12.2 Å². The first kappa shape index (κ1) is 32.9. The van der Waals surface area contributed by atoms with Crippen LogP contribution in [0, 0.1) is 0 Å². The van der Waals surface area contributed by atoms with Crippen LogP contribution < -0.4 is 5.43 Å². The second-order valence-electron chi connectivity index (χ2n) is 12.9. The Morgan fingerprint density at radius 1 is 0.740 bits per heavy atom. The van der Waals surface area contributed by atoms with Gasteiger partial charge in [-0.3, -0.25) is 4.79 Å². The van der Waals surface area contributed by atoms with Crippen molar-refractivity contribution in [3.05, 3.63) is 173 Å². The molecule has 0 aliphatic carbocycles. The van der Waals surface area contributed by atoms with Crippen molar-refractivity contribution in [1.29, 1.82) is 0 Å². The summed E-state index contributed by atoms with van der Waals surface area (Å²) in [5, 5.41) is 16.8. The Hall–Kier alpha value is -5.66. The average molecular weight is 659 g/mol. The highest BCUT2D eigenvalue weighted by molar-refractivity contribution is 5.95. The van der Waals surface area contributed by atoms with Gasteiger partial charge in [0.25, 0.3) is 0 Å². The molecular weight excluding hydrogens is 617 g/mol. The molecule has 5 aromatic carbocycles. The van der Waals surface area contributed by atoms with Crippen LogP contribution >= 0.6 is 0 Å². The molecule has 1 aliphatic heterocycles. The maximum atomic E-state index is 12.7. The number of Topliss-reactive ketones (excluding diaryl/α,β-unsaturated/α-hetero) is 1. The fourth-order valence-electron chi connectivity index (χ4n) is 7.26. The summed E-state index contributed by atoms with van der Waals surface area (Å²) in [7, 11) is 0. The molecule has 0 bridgehead atoms. The van der Waals surface area contributed by atoms with Gasteiger partial charge >= 0.3 is 0 Å². The van der Waals surface area contributed by atoms with Gasteiger partial charge < -0.3 is 5.01 Å². The number of carbonyl (C=O) groups excluding carboxylic acids is 1. The van der Waals surface area contributed by atoms with Crippen LogP contribution in [0.2, 0.25) is 0 Å². The highest BCUT2D eigenvalue weighted by Crippen LogP contribution is 2.40. The number of allylic oxidation sites excluding steroid dienone is 1. The standard InChI is InChI=1S/C43H42N6O/c1-4-5-29-48-40(41(32(3)50)31(2)45-48)30-33-25-27-34(28-26-33)38-23-15-16-24-39(38)42-44-47-49(46-42)43(35-17-9-6-10-18-35,36-19-11-7-12-20-36)37-21-13-8-14-22-37/h6-28,31,45H,4-5,29-30H2,1-3H3. The molecule has 0 saturated carbocycles. The predicted octanol–water partition coefficient (Wildman–Crippen LogP) is 8.24. The van der Waals surface area contributed by atoms with Crippen molar-refractivity contribution >= 4 is 5.78 Å². The number of ketones is 1. The van der Waals surface area contributed by atoms with E-state index in [-0.39, 0.29) is 11.8 Å². The van der Waals surface area contributed by atoms with Crippen molar-refractivity contribution in [1.82, 2.24) is 30.6 Å². The molecule has 1 atom stereocenters. The van der Waals surface area contributed by atoms with Gasteiger partial charge in [0.1, 0.15) is 0 Å². The molecule has 7 rings (SSSR count). The number of tetrazole rings is 1. The molecule has 250 valence electrons. The second-order valence-corrected chi connectivity index (χ2v) is 12.9. The summed E-state index contributed by atoms with van der Waals surface area (Å²) in [6, 6.07) is 48.0. The third kappa shape index (κ3) is 6.16. The molecular formula is C43H42N6O. The van der Waals surface area contributed by atoms with Crippen LogP contribution in [0.15, 0.2) is 151 Å². The summed E-state index contributed by atoms with van der Waals surface area (Å²) >= 11 is 0. The van der Waals surface area contributed by atoms with Crippen molar-refractivity contribution in [3.63, 3.8) is 0 Å². The minimum absolute atomic E-state index is 0.0100. The number of nitrogens with one attached hydrogen (secondary N) is 1. The number of hydrogen-bond acceptors (Lipinski definition) is 6. The zero-order chi connectivity index (χ0) is 34.5. The minimum atomic E-state index is -0.851. The molecule has 1 aliphatic rings. The lowest BCUT2D eigenvalue weighted by Gasteiger charge is -2.34. The third-order valence-electron chi connectivity index (χ3n) is 9.63. The summed E-state index contributed by atoms with van der Waals surface area (Å²) in [6.07, 6.45) is 2.85. The molecule has 1 unspecified atom stereocenters. The normalized spacial score (nSPS) is 14.7. The highest BCUT2D eigenvalue weighted by Gasteiger charge is 2.41. The number of benzene rings is 5. The van der Waals surface area contributed by atoms with Crippen molar-refractivity contribution < 1.29 is 4.79 Å². The van der Waals surface area contributed by atoms with Crippen LogP contribution in [-0.4, -0.2) is 43.6 Å². The number of nitrogens with zero attached hydrogens (tertiary/aromatic N) is 5. The van der Waals surface area contributed by atoms with Crippen LogP contribution in [0.4, 0.5) is 0 Å². The van der Waals surface area contributed by atoms with Crippen LogP contribution in [0.25, 0.3) is 22.5 Å². The van der Waals surface area contributed by atoms with Gasteiger partial charge in [-0.05, 0) is 58.9 Å². The summed E-state index contributed by atoms with van der Waals surface area (Å²) in [4.78, 5) is 14.4. The van der Waals surface area contributed by atoms with E-state index in [9.17, 15) is 4.79 Å². The first-order chi connectivity index (χ1) is 24.5. The molecule has 0 saturated heterocycles. The van der Waals surface area contributed by atoms with Crippen molar-refractivity contribution in [2.45, 2.75) is 51.6 Å². The molecule has 0 spiro atoms. The molecule has 0 radical (unpaired) electrons. The molecule has 2 heterocycles. The van der Waals surface area contributed by atoms with Crippen LogP contribution in [0.3, 0.4) is 0 Å². The summed E-state index contributed by atoms with van der Waals surface area (Å²) < 4.78 is 0. The molecule has 0 amide bonds. The SMILES string of the molecule is CCCCN1NC(C)C(C(C)=O)=C1Cc1ccc(-c2ccccc2-c2nnn(C(c3ccccc3)(c3ccccc3)c3ccccc3)n2)cc1. The van der Waals surface area contributed by atoms with Crippen LogP contribution in [0.5, 0.6) is 0 Å². The molecule has 0 fully saturated rings. The van der Waals surface area contributed by atoms with Crippen molar-refractivity contribution in [2.24, 2.45) is 0 Å². The zero-order valence-corrected chi connectivity index (χ0v) is 28.8. The lowest BCUT2D eigenvalue weighted by Crippen LogP contribution is -2.39. The van der Waals surface area contributed by atoms with E-state index in [0.717, 1.165) is 69.6 Å². The highest BCUT2D eigenvalue weighted by atomic mass is 16.1. The van der Waals surface area contributed by atoms with Gasteiger partial charge in [0, 0.05) is 29.8 Å². The molecule has 1 aromatic heterocycles. The van der Waals surface area contributed by atoms with E-state index in [2.05, 4.69) is 133 Å². The van der Waals surface area contributed by atoms with Gasteiger partial charge in [-0.1, -0.05) is 153 Å². The Morgan fingerprint density at radius 2 is 1.28 bits per heavy atom. The van der Waals surface area contributed by atoms with Gasteiger partial charge in [-0.15, -0.1) is 15.0 Å². The van der Waals surface area contributed by atoms with E-state index in [1.54, 1.807) is 11.7 Å². The Labute approximate surface area is 294 Å². The minimum Gasteiger partial charge on any atom is -0.311 e. The second kappa shape index (κ2) is 14.4. The van der Waals surface area contributed by atoms with Gasteiger partial charge in [-0.2, -0.15) is 0 Å². The van der Waals surface area contributed by atoms with E-state index in [1.807, 2.05) is 30.3 Å².